The highest BCUT2D eigenvalue weighted by Gasteiger charge is 2.35. The van der Waals surface area contributed by atoms with Crippen molar-refractivity contribution in [2.75, 3.05) is 13.1 Å². The van der Waals surface area contributed by atoms with Crippen LogP contribution in [-0.2, 0) is 10.0 Å². The van der Waals surface area contributed by atoms with E-state index in [4.69, 9.17) is 0 Å². The van der Waals surface area contributed by atoms with E-state index in [2.05, 4.69) is 12.7 Å². The highest BCUT2D eigenvalue weighted by atomic mass is 32.2. The molecule has 0 aliphatic carbocycles. The zero-order valence-electron chi connectivity index (χ0n) is 14.6. The van der Waals surface area contributed by atoms with Crippen molar-refractivity contribution in [2.24, 2.45) is 5.92 Å². The van der Waals surface area contributed by atoms with Crippen LogP contribution in [0.25, 0.3) is 6.08 Å². The molecule has 1 heterocycles. The molecular formula is C21H23NO2S. The molecule has 0 bridgehead atoms. The number of sulfonamides is 1. The van der Waals surface area contributed by atoms with E-state index in [-0.39, 0.29) is 5.92 Å². The van der Waals surface area contributed by atoms with E-state index < -0.39 is 10.0 Å². The van der Waals surface area contributed by atoms with Crippen molar-refractivity contribution < 1.29 is 8.42 Å². The van der Waals surface area contributed by atoms with E-state index in [1.165, 1.54) is 0 Å². The molecule has 2 aromatic rings. The van der Waals surface area contributed by atoms with Crippen LogP contribution in [0.15, 0.2) is 77.2 Å². The van der Waals surface area contributed by atoms with Crippen LogP contribution >= 0.6 is 0 Å². The largest absolute Gasteiger partial charge is 0.243 e. The van der Waals surface area contributed by atoms with Crippen molar-refractivity contribution in [3.05, 3.63) is 83.4 Å². The van der Waals surface area contributed by atoms with Crippen molar-refractivity contribution >= 4 is 16.1 Å². The number of benzene rings is 2. The van der Waals surface area contributed by atoms with Crippen LogP contribution in [-0.4, -0.2) is 25.8 Å². The van der Waals surface area contributed by atoms with Gasteiger partial charge in [-0.2, -0.15) is 4.31 Å². The monoisotopic (exact) mass is 353 g/mol. The van der Waals surface area contributed by atoms with Gasteiger partial charge in [-0.1, -0.05) is 66.3 Å². The highest BCUT2D eigenvalue weighted by molar-refractivity contribution is 7.89. The molecule has 0 amide bonds. The molecule has 25 heavy (non-hydrogen) atoms. The fourth-order valence-electron chi connectivity index (χ4n) is 3.12. The van der Waals surface area contributed by atoms with Gasteiger partial charge in [0.25, 0.3) is 0 Å². The minimum absolute atomic E-state index is 0.0560. The average molecular weight is 353 g/mol. The summed E-state index contributed by atoms with van der Waals surface area (Å²) in [7, 11) is -3.50. The first-order valence-electron chi connectivity index (χ1n) is 8.35. The van der Waals surface area contributed by atoms with Crippen LogP contribution in [0.2, 0.25) is 0 Å². The van der Waals surface area contributed by atoms with Gasteiger partial charge in [0.05, 0.1) is 4.90 Å². The number of nitrogens with zero attached hydrogens (tertiary/aromatic N) is 1. The van der Waals surface area contributed by atoms with Gasteiger partial charge >= 0.3 is 0 Å². The van der Waals surface area contributed by atoms with Gasteiger partial charge in [0, 0.05) is 19.0 Å². The summed E-state index contributed by atoms with van der Waals surface area (Å²) in [4.78, 5) is 0.347. The fourth-order valence-corrected chi connectivity index (χ4v) is 4.57. The lowest BCUT2D eigenvalue weighted by atomic mass is 9.94. The average Bonchev–Trinajstić information content (AvgIpc) is 3.01. The van der Waals surface area contributed by atoms with E-state index >= 15 is 0 Å². The smallest absolute Gasteiger partial charge is 0.207 e. The molecule has 1 atom stereocenters. The SMILES string of the molecule is C=C(C)C1CN(S(=O)(=O)c2ccc(C)cc2)C/C1=C\c1ccccc1. The van der Waals surface area contributed by atoms with Gasteiger partial charge in [-0.05, 0) is 37.1 Å². The fraction of sp³-hybridized carbons (Fsp3) is 0.238. The molecule has 0 aromatic heterocycles. The summed E-state index contributed by atoms with van der Waals surface area (Å²) >= 11 is 0. The number of hydrogen-bond acceptors (Lipinski definition) is 2. The maximum absolute atomic E-state index is 13.0. The lowest BCUT2D eigenvalue weighted by Crippen LogP contribution is -2.29. The van der Waals surface area contributed by atoms with Crippen molar-refractivity contribution in [1.82, 2.24) is 4.31 Å². The molecule has 0 radical (unpaired) electrons. The molecule has 1 unspecified atom stereocenters. The number of rotatable bonds is 4. The van der Waals surface area contributed by atoms with E-state index in [1.807, 2.05) is 56.3 Å². The van der Waals surface area contributed by atoms with E-state index in [1.54, 1.807) is 16.4 Å². The maximum atomic E-state index is 13.0. The normalized spacial score (nSPS) is 20.1. The second-order valence-corrected chi connectivity index (χ2v) is 8.58. The standard InChI is InChI=1S/C21H23NO2S/c1-16(2)21-15-22(14-19(21)13-18-7-5-4-6-8-18)25(23,24)20-11-9-17(3)10-12-20/h4-13,21H,1,14-15H2,2-3H3/b19-13+. The topological polar surface area (TPSA) is 37.4 Å². The Morgan fingerprint density at radius 1 is 1.12 bits per heavy atom. The minimum atomic E-state index is -3.50. The van der Waals surface area contributed by atoms with Crippen LogP contribution in [0.3, 0.4) is 0 Å². The summed E-state index contributed by atoms with van der Waals surface area (Å²) in [5, 5.41) is 0. The van der Waals surface area contributed by atoms with E-state index in [9.17, 15) is 8.42 Å². The molecule has 0 N–H and O–H groups in total. The second-order valence-electron chi connectivity index (χ2n) is 6.64. The molecule has 2 aromatic carbocycles. The molecular weight excluding hydrogens is 330 g/mol. The van der Waals surface area contributed by atoms with E-state index in [0.29, 0.717) is 18.0 Å². The molecule has 0 spiro atoms. The number of aryl methyl sites for hydroxylation is 1. The second kappa shape index (κ2) is 6.98. The maximum Gasteiger partial charge on any atom is 0.243 e. The van der Waals surface area contributed by atoms with Gasteiger partial charge in [0.1, 0.15) is 0 Å². The molecule has 130 valence electrons. The minimum Gasteiger partial charge on any atom is -0.207 e. The van der Waals surface area contributed by atoms with Gasteiger partial charge in [0.2, 0.25) is 10.0 Å². The summed E-state index contributed by atoms with van der Waals surface area (Å²) < 4.78 is 27.5. The first-order chi connectivity index (χ1) is 11.9. The van der Waals surface area contributed by atoms with Crippen molar-refractivity contribution in [3.8, 4) is 0 Å². The third-order valence-corrected chi connectivity index (χ3v) is 6.42. The molecule has 3 rings (SSSR count). The highest BCUT2D eigenvalue weighted by Crippen LogP contribution is 2.33. The van der Waals surface area contributed by atoms with Gasteiger partial charge in [-0.15, -0.1) is 0 Å². The Labute approximate surface area is 150 Å². The Kier molecular flexibility index (Phi) is 4.93. The Bertz CT molecular complexity index is 897. The molecule has 4 heteroatoms. The number of hydrogen-bond donors (Lipinski definition) is 0. The summed E-state index contributed by atoms with van der Waals surface area (Å²) in [6, 6.07) is 17.0. The van der Waals surface area contributed by atoms with Gasteiger partial charge in [0.15, 0.2) is 0 Å². The lowest BCUT2D eigenvalue weighted by molar-refractivity contribution is 0.468. The Hall–Kier alpha value is -2.17. The predicted octanol–water partition coefficient (Wildman–Crippen LogP) is 4.28. The van der Waals surface area contributed by atoms with Gasteiger partial charge in [-0.3, -0.25) is 0 Å². The molecule has 1 saturated heterocycles. The quantitative estimate of drug-likeness (QED) is 0.770. The molecule has 1 aliphatic rings. The Balaban J connectivity index is 1.93. The summed E-state index contributed by atoms with van der Waals surface area (Å²) in [6.45, 7) is 8.83. The predicted molar refractivity (Wildman–Crippen MR) is 103 cm³/mol. The first kappa shape index (κ1) is 17.6. The van der Waals surface area contributed by atoms with Crippen LogP contribution in [0.4, 0.5) is 0 Å². The molecule has 3 nitrogen and oxygen atoms in total. The zero-order chi connectivity index (χ0) is 18.0. The van der Waals surface area contributed by atoms with Crippen LogP contribution < -0.4 is 0 Å². The lowest BCUT2D eigenvalue weighted by Gasteiger charge is -2.16. The van der Waals surface area contributed by atoms with Gasteiger partial charge in [-0.25, -0.2) is 8.42 Å². The van der Waals surface area contributed by atoms with Crippen LogP contribution in [0, 0.1) is 12.8 Å². The summed E-state index contributed by atoms with van der Waals surface area (Å²) in [5.74, 6) is 0.0560. The van der Waals surface area contributed by atoms with Crippen molar-refractivity contribution in [1.29, 1.82) is 0 Å². The van der Waals surface area contributed by atoms with Crippen molar-refractivity contribution in [3.63, 3.8) is 0 Å². The molecule has 1 fully saturated rings. The Morgan fingerprint density at radius 3 is 2.36 bits per heavy atom. The Morgan fingerprint density at radius 2 is 1.76 bits per heavy atom. The van der Waals surface area contributed by atoms with Crippen molar-refractivity contribution in [2.45, 2.75) is 18.7 Å². The van der Waals surface area contributed by atoms with Crippen LogP contribution in [0.5, 0.6) is 0 Å². The summed E-state index contributed by atoms with van der Waals surface area (Å²) in [6.07, 6.45) is 2.09. The van der Waals surface area contributed by atoms with Gasteiger partial charge < -0.3 is 0 Å². The van der Waals surface area contributed by atoms with E-state index in [0.717, 1.165) is 22.3 Å². The zero-order valence-corrected chi connectivity index (χ0v) is 15.5. The summed E-state index contributed by atoms with van der Waals surface area (Å²) in [5.41, 5.74) is 4.21. The van der Waals surface area contributed by atoms with Crippen LogP contribution in [0.1, 0.15) is 18.1 Å². The third-order valence-electron chi connectivity index (χ3n) is 4.60. The molecule has 0 saturated carbocycles. The third kappa shape index (κ3) is 3.75. The first-order valence-corrected chi connectivity index (χ1v) is 9.79. The molecule has 1 aliphatic heterocycles.